The largest absolute Gasteiger partial charge is 0.366 e. The van der Waals surface area contributed by atoms with Gasteiger partial charge in [-0.1, -0.05) is 17.7 Å². The van der Waals surface area contributed by atoms with E-state index in [1.807, 2.05) is 25.3 Å². The van der Waals surface area contributed by atoms with Gasteiger partial charge in [0.1, 0.15) is 5.02 Å². The molecule has 0 spiro atoms. The molecule has 4 heterocycles. The molecule has 0 saturated carbocycles. The summed E-state index contributed by atoms with van der Waals surface area (Å²) in [5.74, 6) is 0. The Morgan fingerprint density at radius 1 is 1.17 bits per heavy atom. The number of piperazine rings is 1. The molecule has 2 aromatic heterocycles. The lowest BCUT2D eigenvalue weighted by Crippen LogP contribution is -2.47. The van der Waals surface area contributed by atoms with Crippen LogP contribution in [-0.4, -0.2) is 52.0 Å². The van der Waals surface area contributed by atoms with Crippen molar-refractivity contribution in [3.05, 3.63) is 55.8 Å². The van der Waals surface area contributed by atoms with Crippen LogP contribution in [0.4, 0.5) is 5.69 Å². The minimum Gasteiger partial charge on any atom is -0.366 e. The maximum absolute atomic E-state index is 12.7. The van der Waals surface area contributed by atoms with E-state index in [1.165, 1.54) is 4.68 Å². The Hall–Kier alpha value is -2.16. The molecule has 1 unspecified atom stereocenters. The van der Waals surface area contributed by atoms with Crippen LogP contribution in [0, 0.1) is 0 Å². The second-order valence-electron chi connectivity index (χ2n) is 7.80. The molecule has 2 aliphatic rings. The van der Waals surface area contributed by atoms with E-state index in [-0.39, 0.29) is 22.4 Å². The van der Waals surface area contributed by atoms with Crippen LogP contribution in [0.25, 0.3) is 0 Å². The summed E-state index contributed by atoms with van der Waals surface area (Å²) < 4.78 is 8.77. The van der Waals surface area contributed by atoms with Crippen LogP contribution >= 0.6 is 11.6 Å². The van der Waals surface area contributed by atoms with Gasteiger partial charge >= 0.3 is 0 Å². The second kappa shape index (κ2) is 9.32. The second-order valence-corrected chi connectivity index (χ2v) is 8.18. The van der Waals surface area contributed by atoms with Gasteiger partial charge in [-0.25, -0.2) is 0 Å². The van der Waals surface area contributed by atoms with Crippen molar-refractivity contribution in [2.24, 2.45) is 0 Å². The molecular formula is C21H28ClN5O3. The van der Waals surface area contributed by atoms with Gasteiger partial charge in [-0.2, -0.15) is 9.78 Å². The molecule has 0 aliphatic carbocycles. The molecule has 0 bridgehead atoms. The first kappa shape index (κ1) is 21.1. The van der Waals surface area contributed by atoms with Crippen molar-refractivity contribution in [2.75, 3.05) is 37.7 Å². The van der Waals surface area contributed by atoms with Gasteiger partial charge in [-0.05, 0) is 32.3 Å². The van der Waals surface area contributed by atoms with E-state index in [0.717, 1.165) is 51.0 Å². The Labute approximate surface area is 180 Å². The summed E-state index contributed by atoms with van der Waals surface area (Å²) >= 11 is 6.44. The molecule has 2 aromatic rings. The highest BCUT2D eigenvalue weighted by atomic mass is 35.5. The van der Waals surface area contributed by atoms with E-state index in [2.05, 4.69) is 14.9 Å². The van der Waals surface area contributed by atoms with E-state index in [0.29, 0.717) is 25.4 Å². The minimum atomic E-state index is -0.326. The van der Waals surface area contributed by atoms with Crippen LogP contribution in [-0.2, 0) is 17.8 Å². The van der Waals surface area contributed by atoms with Gasteiger partial charge in [0.15, 0.2) is 6.23 Å². The fourth-order valence-corrected chi connectivity index (χ4v) is 4.38. The summed E-state index contributed by atoms with van der Waals surface area (Å²) in [5.41, 5.74) is 1.25. The molecule has 8 nitrogen and oxygen atoms in total. The number of nitrogens with zero attached hydrogens (tertiary/aromatic N) is 5. The Kier molecular flexibility index (Phi) is 6.55. The van der Waals surface area contributed by atoms with Crippen molar-refractivity contribution in [3.8, 4) is 0 Å². The lowest BCUT2D eigenvalue weighted by Gasteiger charge is -2.36. The van der Waals surface area contributed by atoms with Crippen molar-refractivity contribution in [3.63, 3.8) is 0 Å². The van der Waals surface area contributed by atoms with Crippen molar-refractivity contribution < 1.29 is 4.74 Å². The molecule has 1 atom stereocenters. The van der Waals surface area contributed by atoms with Gasteiger partial charge < -0.3 is 14.2 Å². The molecule has 162 valence electrons. The molecule has 4 rings (SSSR count). The van der Waals surface area contributed by atoms with Crippen molar-refractivity contribution in [1.29, 1.82) is 0 Å². The zero-order chi connectivity index (χ0) is 21.1. The van der Waals surface area contributed by atoms with Crippen LogP contribution in [0.3, 0.4) is 0 Å². The number of hydrogen-bond donors (Lipinski definition) is 0. The van der Waals surface area contributed by atoms with E-state index in [4.69, 9.17) is 16.3 Å². The molecule has 0 aromatic carbocycles. The number of rotatable bonds is 5. The lowest BCUT2D eigenvalue weighted by atomic mass is 10.2. The van der Waals surface area contributed by atoms with E-state index >= 15 is 0 Å². The highest BCUT2D eigenvalue weighted by Crippen LogP contribution is 2.25. The smallest absolute Gasteiger partial charge is 0.290 e. The predicted octanol–water partition coefficient (Wildman–Crippen LogP) is 2.10. The van der Waals surface area contributed by atoms with E-state index in [1.54, 1.807) is 10.8 Å². The lowest BCUT2D eigenvalue weighted by molar-refractivity contribution is -0.0424. The zero-order valence-corrected chi connectivity index (χ0v) is 18.1. The average molecular weight is 434 g/mol. The maximum atomic E-state index is 12.7. The fraction of sp³-hybridized carbons (Fsp3) is 0.571. The molecule has 0 amide bonds. The zero-order valence-electron chi connectivity index (χ0n) is 17.3. The van der Waals surface area contributed by atoms with Crippen LogP contribution < -0.4 is 16.0 Å². The normalized spacial score (nSPS) is 20.5. The molecule has 0 radical (unpaired) electrons. The summed E-state index contributed by atoms with van der Waals surface area (Å²) in [4.78, 5) is 29.6. The molecule has 30 heavy (non-hydrogen) atoms. The molecule has 2 fully saturated rings. The Bertz CT molecular complexity index is 991. The standard InChI is InChI=1S/C21H28ClN5O3/c1-2-25-8-5-6-16(20(25)28)15-24-9-11-26(12-10-24)17-14-23-27(21(29)19(17)22)18-7-3-4-13-30-18/h5-6,8,14,18H,2-4,7,9-13,15H2,1H3. The Morgan fingerprint density at radius 3 is 2.67 bits per heavy atom. The first-order valence-electron chi connectivity index (χ1n) is 10.6. The highest BCUT2D eigenvalue weighted by Gasteiger charge is 2.24. The highest BCUT2D eigenvalue weighted by molar-refractivity contribution is 6.33. The number of hydrogen-bond acceptors (Lipinski definition) is 6. The summed E-state index contributed by atoms with van der Waals surface area (Å²) in [6.07, 6.45) is 5.98. The Balaban J connectivity index is 1.42. The third-order valence-corrected chi connectivity index (χ3v) is 6.26. The molecule has 9 heteroatoms. The fourth-order valence-electron chi connectivity index (χ4n) is 4.12. The van der Waals surface area contributed by atoms with Gasteiger partial charge in [-0.15, -0.1) is 0 Å². The average Bonchev–Trinajstić information content (AvgIpc) is 2.78. The SMILES string of the molecule is CCn1cccc(CN2CCN(c3cnn(C4CCCCO4)c(=O)c3Cl)CC2)c1=O. The first-order chi connectivity index (χ1) is 14.6. The van der Waals surface area contributed by atoms with Gasteiger partial charge in [-0.3, -0.25) is 14.5 Å². The third-order valence-electron chi connectivity index (χ3n) is 5.90. The number of ether oxygens (including phenoxy) is 1. The van der Waals surface area contributed by atoms with Crippen molar-refractivity contribution >= 4 is 17.3 Å². The molecule has 2 aliphatic heterocycles. The van der Waals surface area contributed by atoms with E-state index < -0.39 is 0 Å². The summed E-state index contributed by atoms with van der Waals surface area (Å²) in [7, 11) is 0. The van der Waals surface area contributed by atoms with Crippen LogP contribution in [0.5, 0.6) is 0 Å². The van der Waals surface area contributed by atoms with Crippen LogP contribution in [0.15, 0.2) is 34.1 Å². The molecule has 0 N–H and O–H groups in total. The van der Waals surface area contributed by atoms with Gasteiger partial charge in [0.05, 0.1) is 11.9 Å². The monoisotopic (exact) mass is 433 g/mol. The maximum Gasteiger partial charge on any atom is 0.290 e. The quantitative estimate of drug-likeness (QED) is 0.719. The van der Waals surface area contributed by atoms with Crippen molar-refractivity contribution in [2.45, 2.75) is 45.5 Å². The number of anilines is 1. The molecular weight excluding hydrogens is 406 g/mol. The topological polar surface area (TPSA) is 72.6 Å². The van der Waals surface area contributed by atoms with E-state index in [9.17, 15) is 9.59 Å². The van der Waals surface area contributed by atoms with Crippen LogP contribution in [0.1, 0.15) is 38.0 Å². The molecule has 2 saturated heterocycles. The Morgan fingerprint density at radius 2 is 1.97 bits per heavy atom. The minimum absolute atomic E-state index is 0.0724. The predicted molar refractivity (Wildman–Crippen MR) is 116 cm³/mol. The van der Waals surface area contributed by atoms with Gasteiger partial charge in [0.2, 0.25) is 0 Å². The number of aryl methyl sites for hydroxylation is 1. The van der Waals surface area contributed by atoms with Gasteiger partial charge in [0.25, 0.3) is 11.1 Å². The van der Waals surface area contributed by atoms with Crippen molar-refractivity contribution in [1.82, 2.24) is 19.2 Å². The first-order valence-corrected chi connectivity index (χ1v) is 11.0. The number of aromatic nitrogens is 3. The van der Waals surface area contributed by atoms with Crippen LogP contribution in [0.2, 0.25) is 5.02 Å². The summed E-state index contributed by atoms with van der Waals surface area (Å²) in [5, 5.41) is 4.55. The summed E-state index contributed by atoms with van der Waals surface area (Å²) in [6.45, 7) is 6.92. The van der Waals surface area contributed by atoms with Gasteiger partial charge in [0, 0.05) is 57.6 Å². The number of pyridine rings is 1. The third kappa shape index (κ3) is 4.31. The number of halogens is 1. The summed E-state index contributed by atoms with van der Waals surface area (Å²) in [6, 6.07) is 3.82.